The fourth-order valence-corrected chi connectivity index (χ4v) is 3.54. The minimum Gasteiger partial charge on any atom is -0.387 e. The van der Waals surface area contributed by atoms with Gasteiger partial charge in [0.05, 0.1) is 12.9 Å². The monoisotopic (exact) mass is 446 g/mol. The molecule has 4 atom stereocenters. The summed E-state index contributed by atoms with van der Waals surface area (Å²) in [6.07, 6.45) is 3.04. The van der Waals surface area contributed by atoms with Crippen molar-refractivity contribution in [2.45, 2.75) is 24.5 Å². The number of benzene rings is 1. The van der Waals surface area contributed by atoms with Gasteiger partial charge in [-0.1, -0.05) is 12.0 Å². The van der Waals surface area contributed by atoms with E-state index in [1.807, 2.05) is 6.07 Å². The molecule has 1 fully saturated rings. The molecule has 0 unspecified atom stereocenters. The summed E-state index contributed by atoms with van der Waals surface area (Å²) in [7, 11) is -4.23. The van der Waals surface area contributed by atoms with Gasteiger partial charge in [-0.2, -0.15) is 8.42 Å². The molecule has 31 heavy (non-hydrogen) atoms. The Kier molecular flexibility index (Phi) is 5.58. The number of ether oxygens (including phenoxy) is 1. The summed E-state index contributed by atoms with van der Waals surface area (Å²) < 4.78 is 33.5. The van der Waals surface area contributed by atoms with Crippen LogP contribution in [0.2, 0.25) is 0 Å². The summed E-state index contributed by atoms with van der Waals surface area (Å²) in [5.74, 6) is 2.94. The van der Waals surface area contributed by atoms with Crippen LogP contribution in [-0.4, -0.2) is 63.1 Å². The maximum atomic E-state index is 11.0. The second kappa shape index (κ2) is 8.19. The highest BCUT2D eigenvalue weighted by atomic mass is 32.2. The Bertz CT molecular complexity index is 1260. The molecule has 12 nitrogen and oxygen atoms in total. The number of hydrogen-bond donors (Lipinski definition) is 4. The van der Waals surface area contributed by atoms with Gasteiger partial charge in [0.15, 0.2) is 23.2 Å². The van der Waals surface area contributed by atoms with Crippen molar-refractivity contribution in [2.24, 2.45) is 5.14 Å². The number of nitrogens with zero attached hydrogens (tertiary/aromatic N) is 4. The molecular weight excluding hydrogens is 428 g/mol. The predicted octanol–water partition coefficient (Wildman–Crippen LogP) is -0.609. The maximum absolute atomic E-state index is 11.0. The molecule has 1 aromatic carbocycles. The van der Waals surface area contributed by atoms with Gasteiger partial charge in [0.25, 0.3) is 0 Å². The second-order valence-corrected chi connectivity index (χ2v) is 7.94. The number of fused-ring (bicyclic) bond motifs is 1. The zero-order valence-corrected chi connectivity index (χ0v) is 16.7. The molecule has 0 aliphatic carbocycles. The third-order valence-corrected chi connectivity index (χ3v) is 5.12. The van der Waals surface area contributed by atoms with E-state index in [-0.39, 0.29) is 0 Å². The van der Waals surface area contributed by atoms with E-state index in [2.05, 4.69) is 30.4 Å². The third kappa shape index (κ3) is 4.35. The molecule has 0 bridgehead atoms. The first kappa shape index (κ1) is 21.1. The van der Waals surface area contributed by atoms with Crippen molar-refractivity contribution in [1.82, 2.24) is 19.5 Å². The van der Waals surface area contributed by atoms with Gasteiger partial charge in [-0.05, 0) is 18.2 Å². The number of anilines is 2. The molecule has 0 saturated carbocycles. The molecule has 1 aliphatic heterocycles. The van der Waals surface area contributed by atoms with E-state index in [0.717, 1.165) is 0 Å². The second-order valence-electron chi connectivity index (χ2n) is 6.72. The zero-order valence-electron chi connectivity index (χ0n) is 15.9. The molecule has 13 heteroatoms. The first-order valence-corrected chi connectivity index (χ1v) is 10.4. The fraction of sp³-hybridized carbons (Fsp3) is 0.278. The van der Waals surface area contributed by atoms with Gasteiger partial charge in [0.2, 0.25) is 0 Å². The summed E-state index contributed by atoms with van der Waals surface area (Å²) in [5.41, 5.74) is 2.07. The lowest BCUT2D eigenvalue weighted by Gasteiger charge is -2.16. The molecule has 0 spiro atoms. The number of nitrogens with one attached hydrogen (secondary N) is 1. The highest BCUT2D eigenvalue weighted by molar-refractivity contribution is 7.84. The van der Waals surface area contributed by atoms with Gasteiger partial charge in [-0.25, -0.2) is 20.1 Å². The summed E-state index contributed by atoms with van der Waals surface area (Å²) in [6, 6.07) is 7.15. The highest BCUT2D eigenvalue weighted by Crippen LogP contribution is 2.33. The molecule has 3 aromatic rings. The first-order valence-electron chi connectivity index (χ1n) is 8.97. The van der Waals surface area contributed by atoms with Gasteiger partial charge >= 0.3 is 10.3 Å². The summed E-state index contributed by atoms with van der Waals surface area (Å²) in [4.78, 5) is 12.7. The summed E-state index contributed by atoms with van der Waals surface area (Å²) in [5, 5.41) is 28.5. The fourth-order valence-electron chi connectivity index (χ4n) is 3.21. The van der Waals surface area contributed by atoms with Crippen LogP contribution in [0.15, 0.2) is 36.9 Å². The Balaban J connectivity index is 1.61. The van der Waals surface area contributed by atoms with E-state index < -0.39 is 41.5 Å². The van der Waals surface area contributed by atoms with E-state index in [9.17, 15) is 18.6 Å². The highest BCUT2D eigenvalue weighted by Gasteiger charge is 2.45. The largest absolute Gasteiger partial charge is 0.387 e. The average molecular weight is 446 g/mol. The normalized spacial score (nSPS) is 23.7. The molecule has 3 heterocycles. The zero-order chi connectivity index (χ0) is 22.2. The van der Waals surface area contributed by atoms with Gasteiger partial charge in [0, 0.05) is 11.3 Å². The van der Waals surface area contributed by atoms with Crippen molar-refractivity contribution in [3.05, 3.63) is 42.5 Å². The lowest BCUT2D eigenvalue weighted by molar-refractivity contribution is -0.0467. The molecule has 4 rings (SSSR count). The van der Waals surface area contributed by atoms with E-state index in [0.29, 0.717) is 28.2 Å². The van der Waals surface area contributed by atoms with Gasteiger partial charge < -0.3 is 20.3 Å². The Labute approximate surface area is 176 Å². The quantitative estimate of drug-likeness (QED) is 0.358. The summed E-state index contributed by atoms with van der Waals surface area (Å²) in [6.45, 7) is -0.562. The Morgan fingerprint density at radius 1 is 1.29 bits per heavy atom. The van der Waals surface area contributed by atoms with Gasteiger partial charge in [-0.3, -0.25) is 8.75 Å². The van der Waals surface area contributed by atoms with Crippen LogP contribution in [0.25, 0.3) is 11.2 Å². The first-order chi connectivity index (χ1) is 14.8. The van der Waals surface area contributed by atoms with Crippen molar-refractivity contribution in [1.29, 1.82) is 0 Å². The van der Waals surface area contributed by atoms with E-state index >= 15 is 0 Å². The van der Waals surface area contributed by atoms with E-state index in [4.69, 9.17) is 16.3 Å². The molecule has 5 N–H and O–H groups in total. The number of aromatic nitrogens is 4. The smallest absolute Gasteiger partial charge is 0.333 e. The van der Waals surface area contributed by atoms with Crippen molar-refractivity contribution in [2.75, 3.05) is 11.9 Å². The number of nitrogens with two attached hydrogens (primary N) is 1. The topological polar surface area (TPSA) is 175 Å². The number of hydrogen-bond acceptors (Lipinski definition) is 10. The van der Waals surface area contributed by atoms with Crippen molar-refractivity contribution >= 4 is 33.0 Å². The minimum atomic E-state index is -4.23. The van der Waals surface area contributed by atoms with Crippen LogP contribution < -0.4 is 10.5 Å². The summed E-state index contributed by atoms with van der Waals surface area (Å²) >= 11 is 0. The van der Waals surface area contributed by atoms with Crippen LogP contribution in [0.3, 0.4) is 0 Å². The number of imidazole rings is 1. The molecule has 162 valence electrons. The Hall–Kier alpha value is -3.12. The van der Waals surface area contributed by atoms with E-state index in [1.165, 1.54) is 17.2 Å². The van der Waals surface area contributed by atoms with Crippen molar-refractivity contribution in [3.8, 4) is 12.3 Å². The van der Waals surface area contributed by atoms with Crippen molar-refractivity contribution in [3.63, 3.8) is 0 Å². The van der Waals surface area contributed by atoms with Crippen LogP contribution >= 0.6 is 0 Å². The predicted molar refractivity (Wildman–Crippen MR) is 108 cm³/mol. The maximum Gasteiger partial charge on any atom is 0.333 e. The van der Waals surface area contributed by atoms with E-state index in [1.54, 1.807) is 18.2 Å². The standard InChI is InChI=1S/C18H18N6O6S/c1-2-10-4-3-5-11(6-10)23-16-13-17(21-8-20-16)24(9-22-13)18-15(26)14(25)12(30-18)7-29-31(19,27)28/h1,3-6,8-9,12,14-15,18,25-26H,7H2,(H2,19,27,28)(H,20,21,23)/t12-,14-,15-,18-/m1/s1. The lowest BCUT2D eigenvalue weighted by atomic mass is 10.1. The Morgan fingerprint density at radius 2 is 2.10 bits per heavy atom. The molecule has 0 amide bonds. The van der Waals surface area contributed by atoms with Gasteiger partial charge in [-0.15, -0.1) is 6.42 Å². The molecule has 2 aromatic heterocycles. The van der Waals surface area contributed by atoms with Crippen LogP contribution in [0.4, 0.5) is 11.5 Å². The molecule has 1 saturated heterocycles. The van der Waals surface area contributed by atoms with Crippen LogP contribution in [0, 0.1) is 12.3 Å². The van der Waals surface area contributed by atoms with Crippen LogP contribution in [0.1, 0.15) is 11.8 Å². The molecular formula is C18H18N6O6S. The van der Waals surface area contributed by atoms with Crippen LogP contribution in [0.5, 0.6) is 0 Å². The molecule has 1 aliphatic rings. The van der Waals surface area contributed by atoms with Gasteiger partial charge in [0.1, 0.15) is 24.6 Å². The minimum absolute atomic E-state index is 0.315. The number of rotatable bonds is 6. The Morgan fingerprint density at radius 3 is 2.84 bits per heavy atom. The number of aliphatic hydroxyl groups excluding tert-OH is 2. The lowest BCUT2D eigenvalue weighted by Crippen LogP contribution is -2.35. The van der Waals surface area contributed by atoms with Crippen LogP contribution in [-0.2, 0) is 19.2 Å². The van der Waals surface area contributed by atoms with Crippen molar-refractivity contribution < 1.29 is 27.6 Å². The number of terminal acetylenes is 1. The molecule has 0 radical (unpaired) electrons. The third-order valence-electron chi connectivity index (χ3n) is 4.66. The SMILES string of the molecule is C#Cc1cccc(Nc2ncnc3c2ncn3[C@@H]2O[C@H](COS(N)(=O)=O)[C@@H](O)[C@H]2O)c1. The average Bonchev–Trinajstić information content (AvgIpc) is 3.28. The number of aliphatic hydroxyl groups is 2.